The van der Waals surface area contributed by atoms with E-state index in [0.717, 1.165) is 10.2 Å². The number of nitrogens with zero attached hydrogens (tertiary/aromatic N) is 4. The summed E-state index contributed by atoms with van der Waals surface area (Å²) in [5, 5.41) is 1.09. The number of aliphatic imine (C=N–C) groups is 1. The summed E-state index contributed by atoms with van der Waals surface area (Å²) in [6, 6.07) is 14.8. The Morgan fingerprint density at radius 2 is 1.96 bits per heavy atom. The van der Waals surface area contributed by atoms with Crippen LogP contribution in [-0.2, 0) is 11.5 Å². The average molecular weight is 429 g/mol. The van der Waals surface area contributed by atoms with Gasteiger partial charge in [0.05, 0.1) is 28.7 Å². The number of amidine groups is 1. The number of thioether (sulfide) groups is 1. The zero-order valence-electron chi connectivity index (χ0n) is 13.5. The van der Waals surface area contributed by atoms with E-state index in [1.54, 1.807) is 12.1 Å². The third-order valence-electron chi connectivity index (χ3n) is 3.92. The fraction of sp³-hybridized carbons (Fsp3) is 0.111. The van der Waals surface area contributed by atoms with Gasteiger partial charge >= 0.3 is 0 Å². The molecule has 0 atom stereocenters. The summed E-state index contributed by atoms with van der Waals surface area (Å²) in [7, 11) is 0. The summed E-state index contributed by atoms with van der Waals surface area (Å²) in [5.41, 5.74) is 1.19. The van der Waals surface area contributed by atoms with Gasteiger partial charge in [0.1, 0.15) is 6.67 Å². The number of carbonyl (C=O) groups excluding carboxylic acids is 1. The van der Waals surface area contributed by atoms with Crippen LogP contribution in [-0.4, -0.2) is 31.3 Å². The lowest BCUT2D eigenvalue weighted by Gasteiger charge is -2.17. The van der Waals surface area contributed by atoms with Gasteiger partial charge in [-0.3, -0.25) is 19.1 Å². The summed E-state index contributed by atoms with van der Waals surface area (Å²) in [6.07, 6.45) is 1.47. The number of para-hydroxylation sites is 1. The van der Waals surface area contributed by atoms with Gasteiger partial charge in [0, 0.05) is 4.47 Å². The summed E-state index contributed by atoms with van der Waals surface area (Å²) in [5.74, 6) is 0.235. The molecule has 0 radical (unpaired) electrons. The molecular formula is C18H13BrN4O2S. The van der Waals surface area contributed by atoms with Crippen molar-refractivity contribution in [3.63, 3.8) is 0 Å². The number of fused-ring (bicyclic) bond motifs is 1. The molecule has 3 aromatic rings. The molecule has 0 unspecified atom stereocenters. The molecule has 2 heterocycles. The minimum absolute atomic E-state index is 0.0779. The predicted molar refractivity (Wildman–Crippen MR) is 107 cm³/mol. The smallest absolute Gasteiger partial charge is 0.262 e. The highest BCUT2D eigenvalue weighted by Gasteiger charge is 2.28. The molecule has 1 fully saturated rings. The van der Waals surface area contributed by atoms with E-state index in [9.17, 15) is 9.59 Å². The molecule has 1 aliphatic heterocycles. The van der Waals surface area contributed by atoms with Crippen LogP contribution in [0.15, 0.2) is 69.1 Å². The van der Waals surface area contributed by atoms with E-state index >= 15 is 0 Å². The Labute approximate surface area is 161 Å². The van der Waals surface area contributed by atoms with Crippen molar-refractivity contribution in [2.24, 2.45) is 4.99 Å². The minimum atomic E-state index is -0.194. The third-order valence-corrected chi connectivity index (χ3v) is 5.37. The number of hydrogen-bond donors (Lipinski definition) is 0. The molecular weight excluding hydrogens is 416 g/mol. The maximum atomic E-state index is 12.8. The van der Waals surface area contributed by atoms with Crippen molar-refractivity contribution in [1.29, 1.82) is 0 Å². The third kappa shape index (κ3) is 3.30. The number of benzene rings is 2. The van der Waals surface area contributed by atoms with E-state index in [2.05, 4.69) is 25.9 Å². The Balaban J connectivity index is 1.70. The number of carbonyl (C=O) groups is 1. The van der Waals surface area contributed by atoms with Crippen molar-refractivity contribution in [3.8, 4) is 0 Å². The van der Waals surface area contributed by atoms with Crippen LogP contribution in [0.3, 0.4) is 0 Å². The normalized spacial score (nSPS) is 16.0. The summed E-state index contributed by atoms with van der Waals surface area (Å²) in [4.78, 5) is 35.4. The van der Waals surface area contributed by atoms with Gasteiger partial charge in [-0.1, -0.05) is 45.9 Å². The van der Waals surface area contributed by atoms with Gasteiger partial charge in [-0.2, -0.15) is 0 Å². The minimum Gasteiger partial charge on any atom is -0.280 e. The van der Waals surface area contributed by atoms with E-state index in [0.29, 0.717) is 21.8 Å². The van der Waals surface area contributed by atoms with E-state index in [1.807, 2.05) is 36.4 Å². The fourth-order valence-corrected chi connectivity index (χ4v) is 3.87. The van der Waals surface area contributed by atoms with E-state index in [4.69, 9.17) is 0 Å². The van der Waals surface area contributed by atoms with Gasteiger partial charge in [0.2, 0.25) is 5.91 Å². The van der Waals surface area contributed by atoms with Crippen molar-refractivity contribution in [2.75, 3.05) is 5.75 Å². The molecule has 8 heteroatoms. The SMILES string of the molecule is O=C1CSC(=Nc2ccccc2)N1Cn1cnc2ccc(Br)cc2c1=O. The maximum absolute atomic E-state index is 12.8. The second-order valence-corrected chi connectivity index (χ2v) is 7.52. The first-order valence-electron chi connectivity index (χ1n) is 7.83. The quantitative estimate of drug-likeness (QED) is 0.641. The second kappa shape index (κ2) is 7.05. The first-order valence-corrected chi connectivity index (χ1v) is 9.61. The van der Waals surface area contributed by atoms with Crippen LogP contribution in [0.25, 0.3) is 10.9 Å². The molecule has 1 saturated heterocycles. The lowest BCUT2D eigenvalue weighted by molar-refractivity contribution is -0.125. The van der Waals surface area contributed by atoms with Gasteiger partial charge in [-0.05, 0) is 30.3 Å². The monoisotopic (exact) mass is 428 g/mol. The predicted octanol–water partition coefficient (Wildman–Crippen LogP) is 3.38. The number of rotatable bonds is 3. The molecule has 26 heavy (non-hydrogen) atoms. The lowest BCUT2D eigenvalue weighted by Crippen LogP contribution is -2.36. The molecule has 0 spiro atoms. The molecule has 0 bridgehead atoms. The summed E-state index contributed by atoms with van der Waals surface area (Å²) >= 11 is 4.74. The number of amides is 1. The molecule has 1 aromatic heterocycles. The van der Waals surface area contributed by atoms with Crippen LogP contribution >= 0.6 is 27.7 Å². The molecule has 1 amide bonds. The Hall–Kier alpha value is -2.45. The Morgan fingerprint density at radius 1 is 1.15 bits per heavy atom. The molecule has 4 rings (SSSR count). The van der Waals surface area contributed by atoms with Crippen molar-refractivity contribution in [2.45, 2.75) is 6.67 Å². The molecule has 1 aliphatic rings. The number of halogens is 1. The second-order valence-electron chi connectivity index (χ2n) is 5.66. The van der Waals surface area contributed by atoms with Crippen LogP contribution in [0.1, 0.15) is 0 Å². The van der Waals surface area contributed by atoms with Crippen LogP contribution < -0.4 is 5.56 Å². The largest absolute Gasteiger partial charge is 0.280 e. The molecule has 2 aromatic carbocycles. The van der Waals surface area contributed by atoms with Crippen molar-refractivity contribution in [1.82, 2.24) is 14.5 Å². The Morgan fingerprint density at radius 3 is 2.77 bits per heavy atom. The van der Waals surface area contributed by atoms with Crippen LogP contribution in [0.4, 0.5) is 5.69 Å². The Kier molecular flexibility index (Phi) is 4.60. The van der Waals surface area contributed by atoms with Crippen molar-refractivity contribution >= 4 is 55.4 Å². The number of hydrogen-bond acceptors (Lipinski definition) is 5. The van der Waals surface area contributed by atoms with Crippen LogP contribution in [0, 0.1) is 0 Å². The van der Waals surface area contributed by atoms with Crippen molar-refractivity contribution in [3.05, 3.63) is 69.7 Å². The highest BCUT2D eigenvalue weighted by Crippen LogP contribution is 2.24. The molecule has 0 N–H and O–H groups in total. The Bertz CT molecular complexity index is 1080. The van der Waals surface area contributed by atoms with E-state index in [-0.39, 0.29) is 18.1 Å². The summed E-state index contributed by atoms with van der Waals surface area (Å²) in [6.45, 7) is 0.0891. The maximum Gasteiger partial charge on any atom is 0.262 e. The van der Waals surface area contributed by atoms with Gasteiger partial charge in [-0.25, -0.2) is 9.98 Å². The zero-order chi connectivity index (χ0) is 18.1. The van der Waals surface area contributed by atoms with E-state index in [1.165, 1.54) is 27.6 Å². The van der Waals surface area contributed by atoms with Crippen molar-refractivity contribution < 1.29 is 4.79 Å². The zero-order valence-corrected chi connectivity index (χ0v) is 15.9. The van der Waals surface area contributed by atoms with Gasteiger partial charge in [0.15, 0.2) is 5.17 Å². The fourth-order valence-electron chi connectivity index (χ4n) is 2.62. The first kappa shape index (κ1) is 17.0. The lowest BCUT2D eigenvalue weighted by atomic mass is 10.2. The van der Waals surface area contributed by atoms with Gasteiger partial charge < -0.3 is 0 Å². The van der Waals surface area contributed by atoms with Crippen LogP contribution in [0.2, 0.25) is 0 Å². The standard InChI is InChI=1S/C18H13BrN4O2S/c19-12-6-7-15-14(8-12)17(25)22(10-20-15)11-23-16(24)9-26-18(23)21-13-4-2-1-3-5-13/h1-8,10H,9,11H2. The van der Waals surface area contributed by atoms with Gasteiger partial charge in [0.25, 0.3) is 5.56 Å². The highest BCUT2D eigenvalue weighted by atomic mass is 79.9. The van der Waals surface area contributed by atoms with E-state index < -0.39 is 0 Å². The highest BCUT2D eigenvalue weighted by molar-refractivity contribution is 9.10. The molecule has 0 aliphatic carbocycles. The van der Waals surface area contributed by atoms with Gasteiger partial charge in [-0.15, -0.1) is 0 Å². The molecule has 6 nitrogen and oxygen atoms in total. The molecule has 130 valence electrons. The van der Waals surface area contributed by atoms with Crippen LogP contribution in [0.5, 0.6) is 0 Å². The molecule has 0 saturated carbocycles. The number of aromatic nitrogens is 2. The topological polar surface area (TPSA) is 67.6 Å². The first-order chi connectivity index (χ1) is 12.6. The average Bonchev–Trinajstić information content (AvgIpc) is 2.98. The summed E-state index contributed by atoms with van der Waals surface area (Å²) < 4.78 is 2.24.